The summed E-state index contributed by atoms with van der Waals surface area (Å²) in [5.41, 5.74) is 7.30. The van der Waals surface area contributed by atoms with Crippen molar-refractivity contribution in [1.82, 2.24) is 9.97 Å². The van der Waals surface area contributed by atoms with Crippen LogP contribution in [0.3, 0.4) is 0 Å². The summed E-state index contributed by atoms with van der Waals surface area (Å²) in [4.78, 5) is 12.0. The first kappa shape index (κ1) is 23.6. The number of hydrogen-bond donors (Lipinski definition) is 0. The number of pyridine rings is 2. The number of aryl methyl sites for hydroxylation is 1. The van der Waals surface area contributed by atoms with E-state index in [4.69, 9.17) is 26.3 Å². The lowest BCUT2D eigenvalue weighted by Crippen LogP contribution is -2.38. The molecule has 0 amide bonds. The van der Waals surface area contributed by atoms with Gasteiger partial charge in [-0.1, -0.05) is 50.6 Å². The fraction of sp³-hybridized carbons (Fsp3) is 0.429. The number of benzene rings is 1. The Morgan fingerprint density at radius 2 is 1.79 bits per heavy atom. The van der Waals surface area contributed by atoms with Crippen molar-refractivity contribution in [3.05, 3.63) is 70.6 Å². The van der Waals surface area contributed by atoms with E-state index in [1.54, 1.807) is 0 Å². The molecule has 33 heavy (non-hydrogen) atoms. The average Bonchev–Trinajstić information content (AvgIpc) is 2.81. The predicted molar refractivity (Wildman–Crippen MR) is 137 cm³/mol. The van der Waals surface area contributed by atoms with Gasteiger partial charge in [-0.3, -0.25) is 9.97 Å². The van der Waals surface area contributed by atoms with Crippen LogP contribution in [0, 0.1) is 12.3 Å². The molecule has 0 saturated carbocycles. The SMILES string of the molecule is CCc1c(C)ncc(-c2ccc(OCCc3ccccc3Cl)cn2)c1N1CCC(C)(C)CC1. The van der Waals surface area contributed by atoms with Gasteiger partial charge in [0.05, 0.1) is 24.2 Å². The van der Waals surface area contributed by atoms with Crippen molar-refractivity contribution < 1.29 is 4.74 Å². The van der Waals surface area contributed by atoms with E-state index in [2.05, 4.69) is 32.6 Å². The number of rotatable bonds is 7. The predicted octanol–water partition coefficient (Wildman–Crippen LogP) is 6.92. The van der Waals surface area contributed by atoms with Crippen LogP contribution in [-0.2, 0) is 12.8 Å². The summed E-state index contributed by atoms with van der Waals surface area (Å²) in [7, 11) is 0. The van der Waals surface area contributed by atoms with Crippen LogP contribution in [0.2, 0.25) is 5.02 Å². The lowest BCUT2D eigenvalue weighted by Gasteiger charge is -2.40. The first-order valence-electron chi connectivity index (χ1n) is 11.9. The van der Waals surface area contributed by atoms with Crippen LogP contribution < -0.4 is 9.64 Å². The third kappa shape index (κ3) is 5.50. The van der Waals surface area contributed by atoms with E-state index in [0.29, 0.717) is 12.0 Å². The Hall–Kier alpha value is -2.59. The summed E-state index contributed by atoms with van der Waals surface area (Å²) in [5.74, 6) is 0.767. The molecule has 0 N–H and O–H groups in total. The lowest BCUT2D eigenvalue weighted by atomic mass is 9.82. The van der Waals surface area contributed by atoms with Crippen molar-refractivity contribution in [2.24, 2.45) is 5.41 Å². The molecule has 3 aromatic rings. The Morgan fingerprint density at radius 1 is 1.03 bits per heavy atom. The lowest BCUT2D eigenvalue weighted by molar-refractivity contribution is 0.279. The van der Waals surface area contributed by atoms with Crippen LogP contribution in [0.4, 0.5) is 5.69 Å². The maximum atomic E-state index is 6.25. The van der Waals surface area contributed by atoms with Crippen LogP contribution in [0.25, 0.3) is 11.3 Å². The van der Waals surface area contributed by atoms with Gasteiger partial charge in [0.2, 0.25) is 0 Å². The molecule has 1 aromatic carbocycles. The van der Waals surface area contributed by atoms with Crippen LogP contribution in [0.1, 0.15) is 50.4 Å². The summed E-state index contributed by atoms with van der Waals surface area (Å²) in [6, 6.07) is 11.9. The van der Waals surface area contributed by atoms with E-state index in [1.807, 2.05) is 48.8 Å². The molecule has 2 aromatic heterocycles. The molecule has 0 unspecified atom stereocenters. The highest BCUT2D eigenvalue weighted by Crippen LogP contribution is 2.39. The van der Waals surface area contributed by atoms with Gasteiger partial charge in [-0.05, 0) is 60.9 Å². The van der Waals surface area contributed by atoms with Gasteiger partial charge in [0.15, 0.2) is 0 Å². The third-order valence-electron chi connectivity index (χ3n) is 6.76. The minimum Gasteiger partial charge on any atom is -0.492 e. The Kier molecular flexibility index (Phi) is 7.23. The first-order valence-corrected chi connectivity index (χ1v) is 12.3. The molecule has 3 heterocycles. The molecule has 0 atom stereocenters. The van der Waals surface area contributed by atoms with Crippen molar-refractivity contribution in [3.63, 3.8) is 0 Å². The second kappa shape index (κ2) is 10.1. The molecular formula is C28H34ClN3O. The fourth-order valence-corrected chi connectivity index (χ4v) is 4.78. The summed E-state index contributed by atoms with van der Waals surface area (Å²) in [6.45, 7) is 11.8. The highest BCUT2D eigenvalue weighted by atomic mass is 35.5. The molecule has 0 aliphatic carbocycles. The summed E-state index contributed by atoms with van der Waals surface area (Å²) in [5, 5.41) is 0.779. The molecule has 1 aliphatic rings. The number of piperidine rings is 1. The second-order valence-corrected chi connectivity index (χ2v) is 10.1. The van der Waals surface area contributed by atoms with Crippen molar-refractivity contribution in [3.8, 4) is 17.0 Å². The van der Waals surface area contributed by atoms with Gasteiger partial charge in [-0.25, -0.2) is 0 Å². The quantitative estimate of drug-likeness (QED) is 0.381. The smallest absolute Gasteiger partial charge is 0.137 e. The minimum atomic E-state index is 0.409. The number of aromatic nitrogens is 2. The van der Waals surface area contributed by atoms with Gasteiger partial charge in [0.25, 0.3) is 0 Å². The van der Waals surface area contributed by atoms with Crippen LogP contribution in [0.5, 0.6) is 5.75 Å². The summed E-state index contributed by atoms with van der Waals surface area (Å²) in [6.07, 6.45) is 7.93. The van der Waals surface area contributed by atoms with Gasteiger partial charge in [-0.2, -0.15) is 0 Å². The zero-order valence-electron chi connectivity index (χ0n) is 20.2. The van der Waals surface area contributed by atoms with Crippen molar-refractivity contribution in [1.29, 1.82) is 0 Å². The van der Waals surface area contributed by atoms with E-state index in [-0.39, 0.29) is 0 Å². The number of anilines is 1. The maximum Gasteiger partial charge on any atom is 0.137 e. The fourth-order valence-electron chi connectivity index (χ4n) is 4.55. The van der Waals surface area contributed by atoms with Gasteiger partial charge in [-0.15, -0.1) is 0 Å². The number of nitrogens with zero attached hydrogens (tertiary/aromatic N) is 3. The molecule has 1 fully saturated rings. The van der Waals surface area contributed by atoms with Gasteiger partial charge >= 0.3 is 0 Å². The normalized spacial score (nSPS) is 15.5. The van der Waals surface area contributed by atoms with Crippen molar-refractivity contribution in [2.45, 2.75) is 53.4 Å². The van der Waals surface area contributed by atoms with Crippen LogP contribution in [0.15, 0.2) is 48.8 Å². The highest BCUT2D eigenvalue weighted by Gasteiger charge is 2.28. The van der Waals surface area contributed by atoms with E-state index >= 15 is 0 Å². The monoisotopic (exact) mass is 463 g/mol. The third-order valence-corrected chi connectivity index (χ3v) is 7.13. The Bertz CT molecular complexity index is 1080. The number of ether oxygens (including phenoxy) is 1. The molecule has 5 heteroatoms. The topological polar surface area (TPSA) is 38.3 Å². The molecule has 0 spiro atoms. The molecule has 0 radical (unpaired) electrons. The van der Waals surface area contributed by atoms with E-state index in [9.17, 15) is 0 Å². The molecule has 174 valence electrons. The Morgan fingerprint density at radius 3 is 2.45 bits per heavy atom. The minimum absolute atomic E-state index is 0.409. The number of hydrogen-bond acceptors (Lipinski definition) is 4. The molecular weight excluding hydrogens is 430 g/mol. The largest absolute Gasteiger partial charge is 0.492 e. The Balaban J connectivity index is 1.53. The average molecular weight is 464 g/mol. The zero-order chi connectivity index (χ0) is 23.4. The molecule has 1 saturated heterocycles. The van der Waals surface area contributed by atoms with Gasteiger partial charge in [0.1, 0.15) is 5.75 Å². The Labute approximate surface area is 203 Å². The van der Waals surface area contributed by atoms with Crippen LogP contribution in [-0.4, -0.2) is 29.7 Å². The molecule has 4 rings (SSSR count). The molecule has 1 aliphatic heterocycles. The van der Waals surface area contributed by atoms with Gasteiger partial charge < -0.3 is 9.64 Å². The second-order valence-electron chi connectivity index (χ2n) is 9.66. The standard InChI is InChI=1S/C28H34ClN3O/c1-5-23-20(2)30-19-24(27(23)32-15-13-28(3,4)14-16-32)26-11-10-22(18-31-26)33-17-12-21-8-6-7-9-25(21)29/h6-11,18-19H,5,12-17H2,1-4H3. The van der Waals surface area contributed by atoms with E-state index in [0.717, 1.165) is 59.2 Å². The highest BCUT2D eigenvalue weighted by molar-refractivity contribution is 6.31. The van der Waals surface area contributed by atoms with Crippen molar-refractivity contribution in [2.75, 3.05) is 24.6 Å². The van der Waals surface area contributed by atoms with Crippen LogP contribution >= 0.6 is 11.6 Å². The zero-order valence-corrected chi connectivity index (χ0v) is 21.0. The van der Waals surface area contributed by atoms with E-state index in [1.165, 1.54) is 24.1 Å². The van der Waals surface area contributed by atoms with Crippen molar-refractivity contribution >= 4 is 17.3 Å². The summed E-state index contributed by atoms with van der Waals surface area (Å²) >= 11 is 6.25. The van der Waals surface area contributed by atoms with E-state index < -0.39 is 0 Å². The number of halogens is 1. The maximum absolute atomic E-state index is 6.25. The first-order chi connectivity index (χ1) is 15.9. The molecule has 4 nitrogen and oxygen atoms in total. The summed E-state index contributed by atoms with van der Waals surface area (Å²) < 4.78 is 5.94. The molecule has 0 bridgehead atoms. The van der Waals surface area contributed by atoms with Gasteiger partial charge in [0, 0.05) is 42.0 Å².